The molecule has 0 radical (unpaired) electrons. The first-order chi connectivity index (χ1) is 9.52. The Morgan fingerprint density at radius 3 is 2.65 bits per heavy atom. The quantitative estimate of drug-likeness (QED) is 0.857. The Morgan fingerprint density at radius 1 is 1.30 bits per heavy atom. The molecular weight excluding hydrogens is 260 g/mol. The summed E-state index contributed by atoms with van der Waals surface area (Å²) in [5.74, 6) is 0.522. The molecule has 0 saturated carbocycles. The van der Waals surface area contributed by atoms with Gasteiger partial charge in [-0.1, -0.05) is 0 Å². The van der Waals surface area contributed by atoms with E-state index in [0.717, 1.165) is 10.3 Å². The summed E-state index contributed by atoms with van der Waals surface area (Å²) in [6.07, 6.45) is 3.15. The Balaban J connectivity index is 2.18. The number of pyridine rings is 1. The molecule has 0 atom stereocenters. The Bertz CT molecular complexity index is 716. The van der Waals surface area contributed by atoms with Gasteiger partial charge in [-0.3, -0.25) is 9.36 Å². The van der Waals surface area contributed by atoms with Gasteiger partial charge in [0.15, 0.2) is 0 Å². The molecule has 1 N–H and O–H groups in total. The zero-order valence-corrected chi connectivity index (χ0v) is 11.6. The van der Waals surface area contributed by atoms with E-state index in [1.807, 2.05) is 0 Å². The Labute approximate surface area is 115 Å². The smallest absolute Gasteiger partial charge is 0.330 e. The standard InChI is InChI=1S/C13H16N4O3/c1-16-8-9(12(18)17(2)13(16)19)6-14-10-4-5-11(20-3)15-7-10/h4-5,7-8,14H,6H2,1-3H3. The van der Waals surface area contributed by atoms with E-state index < -0.39 is 0 Å². The topological polar surface area (TPSA) is 78.1 Å². The number of nitrogens with one attached hydrogen (secondary N) is 1. The summed E-state index contributed by atoms with van der Waals surface area (Å²) in [7, 11) is 4.62. The highest BCUT2D eigenvalue weighted by Crippen LogP contribution is 2.11. The Morgan fingerprint density at radius 2 is 2.05 bits per heavy atom. The summed E-state index contributed by atoms with van der Waals surface area (Å²) in [4.78, 5) is 27.6. The first kappa shape index (κ1) is 13.9. The van der Waals surface area contributed by atoms with Gasteiger partial charge in [0.1, 0.15) is 0 Å². The molecule has 2 aromatic heterocycles. The van der Waals surface area contributed by atoms with Gasteiger partial charge in [0.05, 0.1) is 24.6 Å². The van der Waals surface area contributed by atoms with E-state index in [4.69, 9.17) is 4.74 Å². The molecule has 106 valence electrons. The minimum Gasteiger partial charge on any atom is -0.481 e. The van der Waals surface area contributed by atoms with Gasteiger partial charge in [0.25, 0.3) is 5.56 Å². The predicted molar refractivity (Wildman–Crippen MR) is 75.0 cm³/mol. The summed E-state index contributed by atoms with van der Waals surface area (Å²) >= 11 is 0. The van der Waals surface area contributed by atoms with Crippen molar-refractivity contribution in [2.75, 3.05) is 12.4 Å². The van der Waals surface area contributed by atoms with Gasteiger partial charge in [-0.05, 0) is 6.07 Å². The summed E-state index contributed by atoms with van der Waals surface area (Å²) in [5, 5.41) is 3.08. The number of aryl methyl sites for hydroxylation is 1. The van der Waals surface area contributed by atoms with Crippen molar-refractivity contribution in [2.45, 2.75) is 6.54 Å². The molecule has 20 heavy (non-hydrogen) atoms. The molecule has 0 saturated heterocycles. The van der Waals surface area contributed by atoms with Crippen molar-refractivity contribution < 1.29 is 4.74 Å². The minimum absolute atomic E-state index is 0.304. The maximum atomic E-state index is 11.9. The average molecular weight is 276 g/mol. The fraction of sp³-hybridized carbons (Fsp3) is 0.308. The number of anilines is 1. The lowest BCUT2D eigenvalue weighted by atomic mass is 10.3. The van der Waals surface area contributed by atoms with E-state index in [9.17, 15) is 9.59 Å². The average Bonchev–Trinajstić information content (AvgIpc) is 2.48. The second-order valence-electron chi connectivity index (χ2n) is 4.35. The molecule has 2 heterocycles. The lowest BCUT2D eigenvalue weighted by molar-refractivity contribution is 0.398. The van der Waals surface area contributed by atoms with Gasteiger partial charge in [-0.2, -0.15) is 0 Å². The van der Waals surface area contributed by atoms with Crippen LogP contribution >= 0.6 is 0 Å². The van der Waals surface area contributed by atoms with Gasteiger partial charge in [-0.25, -0.2) is 9.78 Å². The number of hydrogen-bond acceptors (Lipinski definition) is 5. The maximum Gasteiger partial charge on any atom is 0.330 e. The van der Waals surface area contributed by atoms with E-state index in [1.165, 1.54) is 17.8 Å². The van der Waals surface area contributed by atoms with Crippen molar-refractivity contribution in [1.29, 1.82) is 0 Å². The summed E-state index contributed by atoms with van der Waals surface area (Å²) in [6, 6.07) is 3.53. The number of nitrogens with zero attached hydrogens (tertiary/aromatic N) is 3. The normalized spacial score (nSPS) is 10.3. The van der Waals surface area contributed by atoms with Crippen LogP contribution in [-0.2, 0) is 20.6 Å². The molecule has 2 aromatic rings. The van der Waals surface area contributed by atoms with E-state index >= 15 is 0 Å². The van der Waals surface area contributed by atoms with E-state index in [-0.39, 0.29) is 11.2 Å². The third-order valence-electron chi connectivity index (χ3n) is 2.95. The Hall–Kier alpha value is -2.57. The molecule has 7 heteroatoms. The molecule has 0 unspecified atom stereocenters. The van der Waals surface area contributed by atoms with Crippen molar-refractivity contribution in [3.05, 3.63) is 50.9 Å². The molecule has 0 aliphatic rings. The van der Waals surface area contributed by atoms with Crippen LogP contribution in [0.3, 0.4) is 0 Å². The first-order valence-electron chi connectivity index (χ1n) is 6.02. The van der Waals surface area contributed by atoms with Crippen molar-refractivity contribution in [2.24, 2.45) is 14.1 Å². The number of aromatic nitrogens is 3. The molecule has 0 fully saturated rings. The molecular formula is C13H16N4O3. The molecule has 0 amide bonds. The molecule has 2 rings (SSSR count). The molecule has 0 aliphatic carbocycles. The zero-order chi connectivity index (χ0) is 14.7. The van der Waals surface area contributed by atoms with Crippen molar-refractivity contribution in [3.63, 3.8) is 0 Å². The lowest BCUT2D eigenvalue weighted by Gasteiger charge is -2.09. The van der Waals surface area contributed by atoms with Crippen LogP contribution in [0.15, 0.2) is 34.1 Å². The minimum atomic E-state index is -0.343. The zero-order valence-electron chi connectivity index (χ0n) is 11.6. The van der Waals surface area contributed by atoms with Gasteiger partial charge in [-0.15, -0.1) is 0 Å². The third-order valence-corrected chi connectivity index (χ3v) is 2.95. The van der Waals surface area contributed by atoms with Gasteiger partial charge < -0.3 is 14.6 Å². The summed E-state index contributed by atoms with van der Waals surface area (Å²) in [5.41, 5.74) is 0.624. The van der Waals surface area contributed by atoms with Crippen LogP contribution in [0, 0.1) is 0 Å². The maximum absolute atomic E-state index is 11.9. The molecule has 0 aromatic carbocycles. The van der Waals surface area contributed by atoms with Crippen LogP contribution < -0.4 is 21.3 Å². The van der Waals surface area contributed by atoms with Gasteiger partial charge in [0, 0.05) is 32.9 Å². The van der Waals surface area contributed by atoms with Crippen molar-refractivity contribution in [1.82, 2.24) is 14.1 Å². The van der Waals surface area contributed by atoms with Crippen molar-refractivity contribution in [3.8, 4) is 5.88 Å². The highest BCUT2D eigenvalue weighted by molar-refractivity contribution is 5.42. The Kier molecular flexibility index (Phi) is 3.88. The molecule has 0 bridgehead atoms. The van der Waals surface area contributed by atoms with Crippen LogP contribution in [-0.4, -0.2) is 21.2 Å². The fourth-order valence-electron chi connectivity index (χ4n) is 1.81. The third kappa shape index (κ3) is 2.71. The van der Waals surface area contributed by atoms with Crippen LogP contribution in [0.25, 0.3) is 0 Å². The van der Waals surface area contributed by atoms with Crippen LogP contribution in [0.1, 0.15) is 5.56 Å². The lowest BCUT2D eigenvalue weighted by Crippen LogP contribution is -2.38. The summed E-state index contributed by atoms with van der Waals surface area (Å²) < 4.78 is 7.43. The molecule has 7 nitrogen and oxygen atoms in total. The number of methoxy groups -OCH3 is 1. The van der Waals surface area contributed by atoms with E-state index in [2.05, 4.69) is 10.3 Å². The van der Waals surface area contributed by atoms with Crippen LogP contribution in [0.2, 0.25) is 0 Å². The van der Waals surface area contributed by atoms with Crippen LogP contribution in [0.5, 0.6) is 5.88 Å². The predicted octanol–water partition coefficient (Wildman–Crippen LogP) is 0.0997. The van der Waals surface area contributed by atoms with Crippen molar-refractivity contribution >= 4 is 5.69 Å². The highest BCUT2D eigenvalue weighted by Gasteiger charge is 2.06. The monoisotopic (exact) mass is 276 g/mol. The molecule has 0 aliphatic heterocycles. The SMILES string of the molecule is COc1ccc(NCc2cn(C)c(=O)n(C)c2=O)cn1. The second kappa shape index (κ2) is 5.60. The largest absolute Gasteiger partial charge is 0.481 e. The summed E-state index contributed by atoms with van der Waals surface area (Å²) in [6.45, 7) is 0.314. The van der Waals surface area contributed by atoms with Gasteiger partial charge >= 0.3 is 5.69 Å². The second-order valence-corrected chi connectivity index (χ2v) is 4.35. The number of hydrogen-bond donors (Lipinski definition) is 1. The fourth-order valence-corrected chi connectivity index (χ4v) is 1.81. The first-order valence-corrected chi connectivity index (χ1v) is 6.02. The van der Waals surface area contributed by atoms with Crippen LogP contribution in [0.4, 0.5) is 5.69 Å². The number of ether oxygens (including phenoxy) is 1. The van der Waals surface area contributed by atoms with E-state index in [0.29, 0.717) is 18.0 Å². The van der Waals surface area contributed by atoms with Gasteiger partial charge in [0.2, 0.25) is 5.88 Å². The van der Waals surface area contributed by atoms with E-state index in [1.54, 1.807) is 32.5 Å². The number of rotatable bonds is 4. The molecule has 0 spiro atoms. The highest BCUT2D eigenvalue weighted by atomic mass is 16.5.